The van der Waals surface area contributed by atoms with E-state index >= 15 is 0 Å². The van der Waals surface area contributed by atoms with Crippen LogP contribution < -0.4 is 5.73 Å². The standard InChI is InChI=1S/C7H7N3O2/c8-6(7(11)12)3-5-1-2-9-4-10-5/h1-4H,8H2,(H,11,12)/b6-3+. The van der Waals surface area contributed by atoms with Crippen LogP contribution in [-0.4, -0.2) is 21.0 Å². The number of carboxylic acids is 1. The van der Waals surface area contributed by atoms with Crippen LogP contribution in [0.3, 0.4) is 0 Å². The van der Waals surface area contributed by atoms with Crippen LogP contribution in [-0.2, 0) is 4.79 Å². The van der Waals surface area contributed by atoms with Crippen molar-refractivity contribution >= 4 is 12.0 Å². The molecule has 12 heavy (non-hydrogen) atoms. The Bertz CT molecular complexity index is 308. The summed E-state index contributed by atoms with van der Waals surface area (Å²) in [5.41, 5.74) is 5.38. The predicted octanol–water partition coefficient (Wildman–Crippen LogP) is -0.139. The summed E-state index contributed by atoms with van der Waals surface area (Å²) >= 11 is 0. The number of nitrogens with zero attached hydrogens (tertiary/aromatic N) is 2. The van der Waals surface area contributed by atoms with E-state index in [2.05, 4.69) is 9.97 Å². The Morgan fingerprint density at radius 1 is 1.67 bits per heavy atom. The molecule has 5 heteroatoms. The molecule has 0 aliphatic carbocycles. The minimum Gasteiger partial charge on any atom is -0.477 e. The molecule has 0 bridgehead atoms. The Morgan fingerprint density at radius 2 is 2.42 bits per heavy atom. The Hall–Kier alpha value is -1.91. The molecule has 0 aliphatic rings. The fraction of sp³-hybridized carbons (Fsp3) is 0. The first kappa shape index (κ1) is 8.19. The lowest BCUT2D eigenvalue weighted by atomic mass is 10.3. The van der Waals surface area contributed by atoms with E-state index in [1.807, 2.05) is 0 Å². The predicted molar refractivity (Wildman–Crippen MR) is 41.8 cm³/mol. The van der Waals surface area contributed by atoms with Crippen LogP contribution in [0.15, 0.2) is 24.3 Å². The van der Waals surface area contributed by atoms with Crippen molar-refractivity contribution in [1.29, 1.82) is 0 Å². The second-order valence-electron chi connectivity index (χ2n) is 2.04. The third-order valence-corrected chi connectivity index (χ3v) is 1.16. The minimum absolute atomic E-state index is 0.242. The van der Waals surface area contributed by atoms with Crippen LogP contribution in [0.2, 0.25) is 0 Å². The smallest absolute Gasteiger partial charge is 0.351 e. The van der Waals surface area contributed by atoms with Crippen molar-refractivity contribution < 1.29 is 9.90 Å². The highest BCUT2D eigenvalue weighted by Crippen LogP contribution is 1.97. The summed E-state index contributed by atoms with van der Waals surface area (Å²) in [7, 11) is 0. The van der Waals surface area contributed by atoms with E-state index in [0.717, 1.165) is 0 Å². The normalized spacial score (nSPS) is 11.2. The van der Waals surface area contributed by atoms with E-state index in [4.69, 9.17) is 10.8 Å². The van der Waals surface area contributed by atoms with Gasteiger partial charge in [-0.1, -0.05) is 0 Å². The van der Waals surface area contributed by atoms with Gasteiger partial charge in [0.2, 0.25) is 0 Å². The van der Waals surface area contributed by atoms with Gasteiger partial charge in [-0.15, -0.1) is 0 Å². The summed E-state index contributed by atoms with van der Waals surface area (Å²) in [6.45, 7) is 0. The molecular weight excluding hydrogens is 158 g/mol. The Kier molecular flexibility index (Phi) is 2.37. The van der Waals surface area contributed by atoms with Crippen molar-refractivity contribution in [3.05, 3.63) is 30.0 Å². The molecule has 1 aromatic heterocycles. The molecule has 0 amide bonds. The van der Waals surface area contributed by atoms with Gasteiger partial charge >= 0.3 is 5.97 Å². The first-order valence-electron chi connectivity index (χ1n) is 3.16. The summed E-state index contributed by atoms with van der Waals surface area (Å²) in [6, 6.07) is 1.57. The number of rotatable bonds is 2. The number of nitrogens with two attached hydrogens (primary N) is 1. The first-order valence-corrected chi connectivity index (χ1v) is 3.16. The van der Waals surface area contributed by atoms with E-state index in [1.54, 1.807) is 6.07 Å². The van der Waals surface area contributed by atoms with Gasteiger partial charge < -0.3 is 10.8 Å². The third kappa shape index (κ3) is 2.05. The number of hydrogen-bond acceptors (Lipinski definition) is 4. The third-order valence-electron chi connectivity index (χ3n) is 1.16. The lowest BCUT2D eigenvalue weighted by Gasteiger charge is -1.92. The highest BCUT2D eigenvalue weighted by Gasteiger charge is 2.00. The molecule has 1 heterocycles. The summed E-state index contributed by atoms with van der Waals surface area (Å²) in [5.74, 6) is -1.16. The van der Waals surface area contributed by atoms with Crippen molar-refractivity contribution in [2.45, 2.75) is 0 Å². The maximum atomic E-state index is 10.3. The van der Waals surface area contributed by atoms with Crippen LogP contribution in [0.25, 0.3) is 6.08 Å². The fourth-order valence-corrected chi connectivity index (χ4v) is 0.607. The summed E-state index contributed by atoms with van der Waals surface area (Å²) in [6.07, 6.45) is 4.10. The molecule has 0 atom stereocenters. The van der Waals surface area contributed by atoms with Crippen LogP contribution in [0, 0.1) is 0 Å². The molecular formula is C7H7N3O2. The Morgan fingerprint density at radius 3 is 2.92 bits per heavy atom. The molecule has 62 valence electrons. The molecule has 0 radical (unpaired) electrons. The number of aromatic nitrogens is 2. The molecule has 0 fully saturated rings. The highest BCUT2D eigenvalue weighted by atomic mass is 16.4. The van der Waals surface area contributed by atoms with Crippen LogP contribution in [0.4, 0.5) is 0 Å². The van der Waals surface area contributed by atoms with Gasteiger partial charge in [0.15, 0.2) is 0 Å². The molecule has 0 saturated carbocycles. The van der Waals surface area contributed by atoms with Gasteiger partial charge in [0.25, 0.3) is 0 Å². The largest absolute Gasteiger partial charge is 0.477 e. The SMILES string of the molecule is N/C(=C/c1ccncn1)C(=O)O. The molecule has 1 rings (SSSR count). The fourth-order valence-electron chi connectivity index (χ4n) is 0.607. The van der Waals surface area contributed by atoms with E-state index in [9.17, 15) is 4.79 Å². The van der Waals surface area contributed by atoms with Gasteiger partial charge in [-0.3, -0.25) is 0 Å². The molecule has 0 aromatic carbocycles. The van der Waals surface area contributed by atoms with Gasteiger partial charge in [-0.05, 0) is 12.1 Å². The summed E-state index contributed by atoms with van der Waals surface area (Å²) in [4.78, 5) is 17.7. The van der Waals surface area contributed by atoms with Crippen molar-refractivity contribution in [2.75, 3.05) is 0 Å². The minimum atomic E-state index is -1.16. The first-order chi connectivity index (χ1) is 5.70. The molecule has 3 N–H and O–H groups in total. The number of hydrogen-bond donors (Lipinski definition) is 2. The zero-order chi connectivity index (χ0) is 8.97. The van der Waals surface area contributed by atoms with E-state index in [0.29, 0.717) is 5.69 Å². The molecule has 1 aromatic rings. The van der Waals surface area contributed by atoms with Gasteiger partial charge in [0.1, 0.15) is 12.0 Å². The maximum Gasteiger partial charge on any atom is 0.351 e. The van der Waals surface area contributed by atoms with Crippen molar-refractivity contribution in [3.63, 3.8) is 0 Å². The monoisotopic (exact) mass is 165 g/mol. The second-order valence-corrected chi connectivity index (χ2v) is 2.04. The van der Waals surface area contributed by atoms with E-state index < -0.39 is 5.97 Å². The second kappa shape index (κ2) is 3.47. The van der Waals surface area contributed by atoms with E-state index in [-0.39, 0.29) is 5.70 Å². The Balaban J connectivity index is 2.89. The van der Waals surface area contributed by atoms with Gasteiger partial charge in [-0.2, -0.15) is 0 Å². The summed E-state index contributed by atoms with van der Waals surface area (Å²) < 4.78 is 0. The summed E-state index contributed by atoms with van der Waals surface area (Å²) in [5, 5.41) is 8.41. The number of carbonyl (C=O) groups is 1. The number of carboxylic acid groups (broad SMARTS) is 1. The van der Waals surface area contributed by atoms with Crippen molar-refractivity contribution in [3.8, 4) is 0 Å². The van der Waals surface area contributed by atoms with Crippen molar-refractivity contribution in [1.82, 2.24) is 9.97 Å². The lowest BCUT2D eigenvalue weighted by molar-refractivity contribution is -0.132. The number of aliphatic carboxylic acids is 1. The zero-order valence-electron chi connectivity index (χ0n) is 6.14. The van der Waals surface area contributed by atoms with Gasteiger partial charge in [0, 0.05) is 6.20 Å². The molecule has 0 aliphatic heterocycles. The Labute approximate surface area is 68.6 Å². The van der Waals surface area contributed by atoms with Gasteiger partial charge in [0.05, 0.1) is 5.69 Å². The molecule has 0 unspecified atom stereocenters. The van der Waals surface area contributed by atoms with Gasteiger partial charge in [-0.25, -0.2) is 14.8 Å². The average Bonchev–Trinajstić information content (AvgIpc) is 2.06. The van der Waals surface area contributed by atoms with Crippen LogP contribution in [0.1, 0.15) is 5.69 Å². The van der Waals surface area contributed by atoms with Crippen molar-refractivity contribution in [2.24, 2.45) is 5.73 Å². The maximum absolute atomic E-state index is 10.3. The molecule has 0 saturated heterocycles. The van der Waals surface area contributed by atoms with E-state index in [1.165, 1.54) is 18.6 Å². The highest BCUT2D eigenvalue weighted by molar-refractivity contribution is 5.90. The molecule has 0 spiro atoms. The lowest BCUT2D eigenvalue weighted by Crippen LogP contribution is -2.09. The quantitative estimate of drug-likeness (QED) is 0.595. The molecule has 5 nitrogen and oxygen atoms in total. The topological polar surface area (TPSA) is 89.1 Å². The van der Waals surface area contributed by atoms with Crippen LogP contribution in [0.5, 0.6) is 0 Å². The zero-order valence-corrected chi connectivity index (χ0v) is 6.14. The van der Waals surface area contributed by atoms with Crippen LogP contribution >= 0.6 is 0 Å². The average molecular weight is 165 g/mol.